The molecule has 0 fully saturated rings. The zero-order valence-electron chi connectivity index (χ0n) is 9.87. The van der Waals surface area contributed by atoms with Crippen molar-refractivity contribution in [2.45, 2.75) is 45.6 Å². The molecule has 84 valence electrons. The van der Waals surface area contributed by atoms with Crippen LogP contribution in [-0.2, 0) is 6.42 Å². The normalized spacial score (nSPS) is 12.7. The Balaban J connectivity index is 2.11. The SMILES string of the molecule is CCCCC(C)NCCc1cccnc1. The Morgan fingerprint density at radius 1 is 1.47 bits per heavy atom. The zero-order chi connectivity index (χ0) is 10.9. The van der Waals surface area contributed by atoms with Gasteiger partial charge in [-0.15, -0.1) is 0 Å². The molecule has 2 heteroatoms. The lowest BCUT2D eigenvalue weighted by Gasteiger charge is -2.12. The first-order valence-electron chi connectivity index (χ1n) is 5.95. The van der Waals surface area contributed by atoms with Crippen molar-refractivity contribution in [3.05, 3.63) is 30.1 Å². The van der Waals surface area contributed by atoms with Crippen molar-refractivity contribution in [1.29, 1.82) is 0 Å². The molecule has 1 heterocycles. The molecule has 0 aliphatic rings. The molecule has 0 aromatic carbocycles. The molecule has 1 aromatic rings. The van der Waals surface area contributed by atoms with E-state index < -0.39 is 0 Å². The van der Waals surface area contributed by atoms with Crippen molar-refractivity contribution in [3.8, 4) is 0 Å². The number of unbranched alkanes of at least 4 members (excludes halogenated alkanes) is 1. The third-order valence-corrected chi connectivity index (χ3v) is 2.62. The number of nitrogens with one attached hydrogen (secondary N) is 1. The van der Waals surface area contributed by atoms with Crippen LogP contribution in [0.5, 0.6) is 0 Å². The van der Waals surface area contributed by atoms with Crippen LogP contribution >= 0.6 is 0 Å². The Hall–Kier alpha value is -0.890. The van der Waals surface area contributed by atoms with E-state index in [9.17, 15) is 0 Å². The second-order valence-corrected chi connectivity index (χ2v) is 4.11. The zero-order valence-corrected chi connectivity index (χ0v) is 9.87. The fourth-order valence-electron chi connectivity index (χ4n) is 1.62. The van der Waals surface area contributed by atoms with E-state index in [0.717, 1.165) is 13.0 Å². The average Bonchev–Trinajstić information content (AvgIpc) is 2.28. The Morgan fingerprint density at radius 3 is 3.00 bits per heavy atom. The number of hydrogen-bond acceptors (Lipinski definition) is 2. The van der Waals surface area contributed by atoms with Crippen molar-refractivity contribution in [2.75, 3.05) is 6.54 Å². The average molecular weight is 206 g/mol. The summed E-state index contributed by atoms with van der Waals surface area (Å²) in [6, 6.07) is 4.77. The van der Waals surface area contributed by atoms with Crippen molar-refractivity contribution in [1.82, 2.24) is 10.3 Å². The largest absolute Gasteiger partial charge is 0.314 e. The molecule has 2 nitrogen and oxygen atoms in total. The Morgan fingerprint density at radius 2 is 2.33 bits per heavy atom. The van der Waals surface area contributed by atoms with Crippen LogP contribution in [0.2, 0.25) is 0 Å². The molecule has 1 N–H and O–H groups in total. The Bertz CT molecular complexity index is 246. The number of nitrogens with zero attached hydrogens (tertiary/aromatic N) is 1. The maximum Gasteiger partial charge on any atom is 0.0300 e. The quantitative estimate of drug-likeness (QED) is 0.742. The minimum atomic E-state index is 0.640. The molecule has 1 atom stereocenters. The fraction of sp³-hybridized carbons (Fsp3) is 0.615. The van der Waals surface area contributed by atoms with Gasteiger partial charge in [0.15, 0.2) is 0 Å². The van der Waals surface area contributed by atoms with E-state index in [4.69, 9.17) is 0 Å². The lowest BCUT2D eigenvalue weighted by molar-refractivity contribution is 0.498. The summed E-state index contributed by atoms with van der Waals surface area (Å²) in [7, 11) is 0. The maximum atomic E-state index is 4.10. The third-order valence-electron chi connectivity index (χ3n) is 2.62. The van der Waals surface area contributed by atoms with Crippen molar-refractivity contribution >= 4 is 0 Å². The van der Waals surface area contributed by atoms with Gasteiger partial charge in [-0.25, -0.2) is 0 Å². The molecule has 15 heavy (non-hydrogen) atoms. The van der Waals surface area contributed by atoms with Crippen LogP contribution in [0.1, 0.15) is 38.7 Å². The van der Waals surface area contributed by atoms with E-state index in [1.807, 2.05) is 18.5 Å². The smallest absolute Gasteiger partial charge is 0.0300 e. The van der Waals surface area contributed by atoms with Crippen LogP contribution in [0, 0.1) is 0 Å². The molecule has 0 aliphatic heterocycles. The van der Waals surface area contributed by atoms with Crippen molar-refractivity contribution in [2.24, 2.45) is 0 Å². The van der Waals surface area contributed by atoms with Gasteiger partial charge in [0.1, 0.15) is 0 Å². The highest BCUT2D eigenvalue weighted by Crippen LogP contribution is 2.00. The molecule has 0 bridgehead atoms. The van der Waals surface area contributed by atoms with Gasteiger partial charge in [0.05, 0.1) is 0 Å². The van der Waals surface area contributed by atoms with Gasteiger partial charge in [-0.1, -0.05) is 25.8 Å². The highest BCUT2D eigenvalue weighted by Gasteiger charge is 1.99. The van der Waals surface area contributed by atoms with E-state index in [0.29, 0.717) is 6.04 Å². The minimum absolute atomic E-state index is 0.640. The van der Waals surface area contributed by atoms with Gasteiger partial charge >= 0.3 is 0 Å². The van der Waals surface area contributed by atoms with E-state index in [2.05, 4.69) is 30.2 Å². The third kappa shape index (κ3) is 5.53. The van der Waals surface area contributed by atoms with Gasteiger partial charge in [0.2, 0.25) is 0 Å². The second-order valence-electron chi connectivity index (χ2n) is 4.11. The molecule has 0 amide bonds. The molecule has 0 spiro atoms. The molecule has 1 aromatic heterocycles. The lowest BCUT2D eigenvalue weighted by Crippen LogP contribution is -2.27. The van der Waals surface area contributed by atoms with Crippen LogP contribution in [-0.4, -0.2) is 17.6 Å². The van der Waals surface area contributed by atoms with Gasteiger partial charge < -0.3 is 5.32 Å². The molecule has 0 aliphatic carbocycles. The number of aromatic nitrogens is 1. The highest BCUT2D eigenvalue weighted by atomic mass is 14.9. The summed E-state index contributed by atoms with van der Waals surface area (Å²) in [5, 5.41) is 3.54. The summed E-state index contributed by atoms with van der Waals surface area (Å²) in [6.45, 7) is 5.55. The number of hydrogen-bond donors (Lipinski definition) is 1. The molecule has 0 saturated heterocycles. The van der Waals surface area contributed by atoms with Gasteiger partial charge in [-0.3, -0.25) is 4.98 Å². The van der Waals surface area contributed by atoms with Gasteiger partial charge in [0.25, 0.3) is 0 Å². The lowest BCUT2D eigenvalue weighted by atomic mass is 10.1. The van der Waals surface area contributed by atoms with Crippen molar-refractivity contribution in [3.63, 3.8) is 0 Å². The Kier molecular flexibility index (Phi) is 6.02. The number of rotatable bonds is 7. The van der Waals surface area contributed by atoms with Gasteiger partial charge in [0, 0.05) is 18.4 Å². The first-order chi connectivity index (χ1) is 7.33. The van der Waals surface area contributed by atoms with Crippen LogP contribution < -0.4 is 5.32 Å². The van der Waals surface area contributed by atoms with Crippen LogP contribution in [0.25, 0.3) is 0 Å². The second kappa shape index (κ2) is 7.41. The predicted molar refractivity (Wildman–Crippen MR) is 64.9 cm³/mol. The summed E-state index contributed by atoms with van der Waals surface area (Å²) in [6.07, 6.45) is 8.72. The molecule has 0 saturated carbocycles. The first-order valence-corrected chi connectivity index (χ1v) is 5.95. The van der Waals surface area contributed by atoms with Gasteiger partial charge in [-0.05, 0) is 37.9 Å². The molecular formula is C13H22N2. The summed E-state index contributed by atoms with van der Waals surface area (Å²) in [5.74, 6) is 0. The molecule has 1 rings (SSSR count). The van der Waals surface area contributed by atoms with E-state index in [-0.39, 0.29) is 0 Å². The van der Waals surface area contributed by atoms with E-state index in [1.54, 1.807) is 0 Å². The molecule has 1 unspecified atom stereocenters. The molecular weight excluding hydrogens is 184 g/mol. The minimum Gasteiger partial charge on any atom is -0.314 e. The van der Waals surface area contributed by atoms with Crippen LogP contribution in [0.3, 0.4) is 0 Å². The summed E-state index contributed by atoms with van der Waals surface area (Å²) in [5.41, 5.74) is 1.31. The van der Waals surface area contributed by atoms with E-state index >= 15 is 0 Å². The topological polar surface area (TPSA) is 24.9 Å². The van der Waals surface area contributed by atoms with E-state index in [1.165, 1.54) is 24.8 Å². The maximum absolute atomic E-state index is 4.10. The van der Waals surface area contributed by atoms with Gasteiger partial charge in [-0.2, -0.15) is 0 Å². The predicted octanol–water partition coefficient (Wildman–Crippen LogP) is 2.79. The summed E-state index contributed by atoms with van der Waals surface area (Å²) in [4.78, 5) is 4.10. The number of pyridine rings is 1. The van der Waals surface area contributed by atoms with Crippen molar-refractivity contribution < 1.29 is 0 Å². The molecule has 0 radical (unpaired) electrons. The first kappa shape index (κ1) is 12.2. The standard InChI is InChI=1S/C13H22N2/c1-3-4-6-12(2)15-10-8-13-7-5-9-14-11-13/h5,7,9,11-12,15H,3-4,6,8,10H2,1-2H3. The highest BCUT2D eigenvalue weighted by molar-refractivity contribution is 5.08. The summed E-state index contributed by atoms with van der Waals surface area (Å²) < 4.78 is 0. The monoisotopic (exact) mass is 206 g/mol. The van der Waals surface area contributed by atoms with Crippen LogP contribution in [0.15, 0.2) is 24.5 Å². The van der Waals surface area contributed by atoms with Crippen LogP contribution in [0.4, 0.5) is 0 Å². The fourth-order valence-corrected chi connectivity index (χ4v) is 1.62. The Labute approximate surface area is 93.1 Å². The summed E-state index contributed by atoms with van der Waals surface area (Å²) >= 11 is 0.